The van der Waals surface area contributed by atoms with Gasteiger partial charge in [0.05, 0.1) is 18.3 Å². The van der Waals surface area contributed by atoms with Crippen molar-refractivity contribution in [1.29, 1.82) is 0 Å². The summed E-state index contributed by atoms with van der Waals surface area (Å²) in [4.78, 5) is 17.4. The molecule has 7 heteroatoms. The summed E-state index contributed by atoms with van der Waals surface area (Å²) in [6.07, 6.45) is 8.00. The van der Waals surface area contributed by atoms with Crippen LogP contribution in [0.25, 0.3) is 0 Å². The fourth-order valence-electron chi connectivity index (χ4n) is 9.15. The lowest BCUT2D eigenvalue weighted by molar-refractivity contribution is -0.230. The Hall–Kier alpha value is -0.503. The number of ether oxygens (including phenoxy) is 2. The molecule has 35 heavy (non-hydrogen) atoms. The Balaban J connectivity index is 1.57. The van der Waals surface area contributed by atoms with Gasteiger partial charge < -0.3 is 18.7 Å². The Labute approximate surface area is 213 Å². The summed E-state index contributed by atoms with van der Waals surface area (Å²) >= 11 is 0. The van der Waals surface area contributed by atoms with Gasteiger partial charge in [-0.2, -0.15) is 0 Å². The zero-order valence-electron chi connectivity index (χ0n) is 23.6. The Morgan fingerprint density at radius 2 is 1.60 bits per heavy atom. The van der Waals surface area contributed by atoms with Crippen LogP contribution in [0, 0.1) is 39.4 Å². The molecule has 5 aliphatic rings. The molecule has 4 saturated carbocycles. The number of hydrogen-bond donors (Lipinski definition) is 0. The second kappa shape index (κ2) is 8.25. The molecule has 0 aromatic heterocycles. The van der Waals surface area contributed by atoms with Crippen molar-refractivity contribution in [1.82, 2.24) is 0 Å². The third-order valence-corrected chi connectivity index (χ3v) is 16.2. The number of fused-ring (bicyclic) bond motifs is 8. The number of rotatable bonds is 4. The van der Waals surface area contributed by atoms with Crippen LogP contribution in [0.15, 0.2) is 5.34 Å². The molecule has 5 fully saturated rings. The molecule has 4 unspecified atom stereocenters. The highest BCUT2D eigenvalue weighted by molar-refractivity contribution is 6.74. The highest BCUT2D eigenvalue weighted by Crippen LogP contribution is 2.69. The normalized spacial score (nSPS) is 48.9. The highest BCUT2D eigenvalue weighted by Gasteiger charge is 2.71. The van der Waals surface area contributed by atoms with E-state index in [9.17, 15) is 4.91 Å². The van der Waals surface area contributed by atoms with Gasteiger partial charge in [0.1, 0.15) is 6.10 Å². The SMILES string of the molecule is CC1(C)O[C@@H]2C3C([C@@H](ON=O)C[C@@]4(C)C3CC[C@@H]4O[Si](C)(C)C(C)(C)C)[C@@]3(C)CCCCC3[C@H]2O1. The van der Waals surface area contributed by atoms with Crippen LogP contribution in [0.1, 0.15) is 93.4 Å². The molecule has 0 aromatic carbocycles. The van der Waals surface area contributed by atoms with Gasteiger partial charge in [-0.3, -0.25) is 0 Å². The molecule has 0 spiro atoms. The molecule has 1 saturated heterocycles. The molecule has 0 N–H and O–H groups in total. The molecular formula is C28H49NO5Si. The minimum absolute atomic E-state index is 0.0418. The maximum atomic E-state index is 11.6. The maximum absolute atomic E-state index is 11.6. The predicted octanol–water partition coefficient (Wildman–Crippen LogP) is 7.23. The summed E-state index contributed by atoms with van der Waals surface area (Å²) in [5.74, 6) is 0.879. The van der Waals surface area contributed by atoms with Crippen LogP contribution in [0.4, 0.5) is 0 Å². The van der Waals surface area contributed by atoms with Crippen molar-refractivity contribution in [3.63, 3.8) is 0 Å². The minimum Gasteiger partial charge on any atom is -0.413 e. The monoisotopic (exact) mass is 507 g/mol. The summed E-state index contributed by atoms with van der Waals surface area (Å²) in [5, 5.41) is 3.22. The first kappa shape index (κ1) is 26.1. The summed E-state index contributed by atoms with van der Waals surface area (Å²) < 4.78 is 20.6. The van der Waals surface area contributed by atoms with Crippen LogP contribution in [-0.4, -0.2) is 38.5 Å². The predicted molar refractivity (Wildman–Crippen MR) is 139 cm³/mol. The minimum atomic E-state index is -1.95. The molecule has 1 aliphatic heterocycles. The van der Waals surface area contributed by atoms with E-state index in [-0.39, 0.29) is 46.2 Å². The molecule has 0 radical (unpaired) electrons. The molecular weight excluding hydrogens is 458 g/mol. The van der Waals surface area contributed by atoms with Crippen molar-refractivity contribution in [2.24, 2.45) is 39.8 Å². The zero-order chi connectivity index (χ0) is 25.6. The molecule has 4 aliphatic carbocycles. The molecule has 0 aromatic rings. The number of nitrogens with zero attached hydrogens (tertiary/aromatic N) is 1. The van der Waals surface area contributed by atoms with E-state index in [2.05, 4.69) is 66.9 Å². The summed E-state index contributed by atoms with van der Waals surface area (Å²) in [6, 6.07) is 0. The third kappa shape index (κ3) is 3.88. The molecule has 5 rings (SSSR count). The first-order valence-electron chi connectivity index (χ1n) is 14.2. The van der Waals surface area contributed by atoms with Crippen molar-refractivity contribution in [2.45, 2.75) is 142 Å². The smallest absolute Gasteiger partial charge is 0.192 e. The van der Waals surface area contributed by atoms with Gasteiger partial charge >= 0.3 is 0 Å². The van der Waals surface area contributed by atoms with Crippen LogP contribution in [0.5, 0.6) is 0 Å². The first-order chi connectivity index (χ1) is 16.1. The van der Waals surface area contributed by atoms with Gasteiger partial charge in [-0.05, 0) is 92.7 Å². The summed E-state index contributed by atoms with van der Waals surface area (Å²) in [7, 11) is -1.95. The van der Waals surface area contributed by atoms with Gasteiger partial charge in [-0.15, -0.1) is 4.91 Å². The van der Waals surface area contributed by atoms with E-state index in [1.165, 1.54) is 19.3 Å². The summed E-state index contributed by atoms with van der Waals surface area (Å²) in [6.45, 7) is 20.7. The lowest BCUT2D eigenvalue weighted by Crippen LogP contribution is -2.66. The van der Waals surface area contributed by atoms with Crippen LogP contribution in [0.2, 0.25) is 18.1 Å². The van der Waals surface area contributed by atoms with Crippen LogP contribution in [0.3, 0.4) is 0 Å². The lowest BCUT2D eigenvalue weighted by atomic mass is 9.43. The Morgan fingerprint density at radius 1 is 0.914 bits per heavy atom. The first-order valence-corrected chi connectivity index (χ1v) is 17.1. The Morgan fingerprint density at radius 3 is 2.26 bits per heavy atom. The third-order valence-electron chi connectivity index (χ3n) is 11.7. The van der Waals surface area contributed by atoms with E-state index in [1.54, 1.807) is 0 Å². The van der Waals surface area contributed by atoms with Crippen LogP contribution < -0.4 is 0 Å². The Bertz CT molecular complexity index is 842. The van der Waals surface area contributed by atoms with E-state index < -0.39 is 14.1 Å². The zero-order valence-corrected chi connectivity index (χ0v) is 24.6. The van der Waals surface area contributed by atoms with Crippen LogP contribution >= 0.6 is 0 Å². The second-order valence-electron chi connectivity index (χ2n) is 15.0. The molecule has 0 bridgehead atoms. The van der Waals surface area contributed by atoms with Crippen molar-refractivity contribution in [3.8, 4) is 0 Å². The van der Waals surface area contributed by atoms with E-state index in [1.807, 2.05) is 0 Å². The van der Waals surface area contributed by atoms with Gasteiger partial charge in [0.25, 0.3) is 0 Å². The van der Waals surface area contributed by atoms with Crippen molar-refractivity contribution < 1.29 is 18.7 Å². The quantitative estimate of drug-likeness (QED) is 0.228. The molecule has 1 heterocycles. The fraction of sp³-hybridized carbons (Fsp3) is 1.00. The van der Waals surface area contributed by atoms with E-state index in [0.717, 1.165) is 25.7 Å². The summed E-state index contributed by atoms with van der Waals surface area (Å²) in [5.41, 5.74) is 0.00741. The van der Waals surface area contributed by atoms with Gasteiger partial charge in [0, 0.05) is 5.92 Å². The number of hydrogen-bond acceptors (Lipinski definition) is 6. The van der Waals surface area contributed by atoms with Crippen molar-refractivity contribution in [3.05, 3.63) is 4.91 Å². The largest absolute Gasteiger partial charge is 0.413 e. The topological polar surface area (TPSA) is 66.4 Å². The molecule has 6 nitrogen and oxygen atoms in total. The maximum Gasteiger partial charge on any atom is 0.192 e. The highest BCUT2D eigenvalue weighted by atomic mass is 28.4. The molecule has 10 atom stereocenters. The van der Waals surface area contributed by atoms with Gasteiger partial charge in [-0.25, -0.2) is 0 Å². The molecule has 200 valence electrons. The Kier molecular flexibility index (Phi) is 6.15. The second-order valence-corrected chi connectivity index (χ2v) is 19.8. The van der Waals surface area contributed by atoms with E-state index in [0.29, 0.717) is 17.8 Å². The molecule has 0 amide bonds. The average Bonchev–Trinajstić information content (AvgIpc) is 3.22. The average molecular weight is 508 g/mol. The van der Waals surface area contributed by atoms with Gasteiger partial charge in [0.2, 0.25) is 0 Å². The standard InChI is InChI=1S/C28H49NO5Si/c1-25(2,3)35(8,9)34-20-14-13-17-21-22(19(33-29-30)16-28(17,20)7)27(6)15-11-10-12-18(27)23-24(21)32-26(4,5)31-23/h17-24H,10-16H2,1-9H3/t17?,18?,19-,20-,21?,22?,23+,24+,27-,28-/m0/s1. The van der Waals surface area contributed by atoms with Crippen LogP contribution in [-0.2, 0) is 18.7 Å². The fourth-order valence-corrected chi connectivity index (χ4v) is 10.6. The van der Waals surface area contributed by atoms with Crippen molar-refractivity contribution in [2.75, 3.05) is 0 Å². The van der Waals surface area contributed by atoms with E-state index in [4.69, 9.17) is 18.7 Å². The van der Waals surface area contributed by atoms with Gasteiger partial charge in [-0.1, -0.05) is 47.5 Å². The van der Waals surface area contributed by atoms with Crippen molar-refractivity contribution >= 4 is 8.32 Å². The van der Waals surface area contributed by atoms with Gasteiger partial charge in [0.15, 0.2) is 19.4 Å². The lowest BCUT2D eigenvalue weighted by Gasteiger charge is -2.64. The van der Waals surface area contributed by atoms with E-state index >= 15 is 0 Å².